The molecule has 0 bridgehead atoms. The fraction of sp³-hybridized carbons (Fsp3) is 0.769. The topological polar surface area (TPSA) is 45.1 Å². The van der Waals surface area contributed by atoms with E-state index in [4.69, 9.17) is 0 Å². The maximum absolute atomic E-state index is 9.37. The molecule has 96 valence electrons. The number of rotatable bonds is 5. The summed E-state index contributed by atoms with van der Waals surface area (Å²) in [5.41, 5.74) is 1.88. The summed E-state index contributed by atoms with van der Waals surface area (Å²) >= 11 is 1.70. The molecular formula is C13H22N2OS. The lowest BCUT2D eigenvalue weighted by Gasteiger charge is -2.31. The van der Waals surface area contributed by atoms with Gasteiger partial charge in [-0.1, -0.05) is 12.8 Å². The molecule has 3 nitrogen and oxygen atoms in total. The average molecular weight is 254 g/mol. The highest BCUT2D eigenvalue weighted by atomic mass is 32.1. The number of aromatic nitrogens is 1. The standard InChI is InChI=1S/C13H22N2OS/c1-10(13-7-14-9-17-13)15-6-11-4-2-3-5-12(11)8-16/h7,9-12,15-16H,2-6,8H2,1H3. The molecule has 1 saturated carbocycles. The van der Waals surface area contributed by atoms with Gasteiger partial charge in [-0.25, -0.2) is 0 Å². The summed E-state index contributed by atoms with van der Waals surface area (Å²) < 4.78 is 0. The van der Waals surface area contributed by atoms with E-state index in [-0.39, 0.29) is 0 Å². The molecular weight excluding hydrogens is 232 g/mol. The molecule has 1 heterocycles. The lowest BCUT2D eigenvalue weighted by Crippen LogP contribution is -2.33. The van der Waals surface area contributed by atoms with Crippen molar-refractivity contribution < 1.29 is 5.11 Å². The first-order chi connectivity index (χ1) is 8.31. The van der Waals surface area contributed by atoms with Gasteiger partial charge in [0.05, 0.1) is 5.51 Å². The van der Waals surface area contributed by atoms with Crippen molar-refractivity contribution in [3.8, 4) is 0 Å². The Kier molecular flexibility index (Phi) is 4.95. The second kappa shape index (κ2) is 6.47. The van der Waals surface area contributed by atoms with Crippen molar-refractivity contribution in [3.63, 3.8) is 0 Å². The molecule has 2 N–H and O–H groups in total. The summed E-state index contributed by atoms with van der Waals surface area (Å²) in [6.07, 6.45) is 6.99. The van der Waals surface area contributed by atoms with Gasteiger partial charge in [0.15, 0.2) is 0 Å². The van der Waals surface area contributed by atoms with Crippen molar-refractivity contribution >= 4 is 11.3 Å². The minimum absolute atomic E-state index is 0.348. The zero-order valence-electron chi connectivity index (χ0n) is 10.4. The molecule has 0 spiro atoms. The predicted octanol–water partition coefficient (Wildman–Crippen LogP) is 2.59. The smallest absolute Gasteiger partial charge is 0.0794 e. The molecule has 4 heteroatoms. The van der Waals surface area contributed by atoms with Crippen molar-refractivity contribution in [1.82, 2.24) is 10.3 Å². The van der Waals surface area contributed by atoms with Gasteiger partial charge in [-0.05, 0) is 38.1 Å². The third-order valence-electron chi connectivity index (χ3n) is 3.87. The predicted molar refractivity (Wildman–Crippen MR) is 71.1 cm³/mol. The van der Waals surface area contributed by atoms with Crippen LogP contribution in [0.3, 0.4) is 0 Å². The summed E-state index contributed by atoms with van der Waals surface area (Å²) in [5, 5.41) is 13.0. The largest absolute Gasteiger partial charge is 0.396 e. The highest BCUT2D eigenvalue weighted by molar-refractivity contribution is 7.09. The van der Waals surface area contributed by atoms with Gasteiger partial charge >= 0.3 is 0 Å². The molecule has 3 unspecified atom stereocenters. The number of thiazole rings is 1. The Bertz CT molecular complexity index is 315. The van der Waals surface area contributed by atoms with Crippen LogP contribution in [-0.2, 0) is 0 Å². The van der Waals surface area contributed by atoms with E-state index in [9.17, 15) is 5.11 Å². The fourth-order valence-corrected chi connectivity index (χ4v) is 3.31. The molecule has 1 aromatic heterocycles. The summed E-state index contributed by atoms with van der Waals surface area (Å²) in [5.74, 6) is 1.15. The van der Waals surface area contributed by atoms with Gasteiger partial charge in [0.2, 0.25) is 0 Å². The van der Waals surface area contributed by atoms with Gasteiger partial charge in [0.1, 0.15) is 0 Å². The van der Waals surface area contributed by atoms with Crippen LogP contribution >= 0.6 is 11.3 Å². The maximum Gasteiger partial charge on any atom is 0.0794 e. The molecule has 0 amide bonds. The van der Waals surface area contributed by atoms with Crippen LogP contribution in [0.25, 0.3) is 0 Å². The number of aliphatic hydroxyl groups excluding tert-OH is 1. The van der Waals surface area contributed by atoms with Crippen LogP contribution in [-0.4, -0.2) is 23.2 Å². The number of nitrogens with zero attached hydrogens (tertiary/aromatic N) is 1. The van der Waals surface area contributed by atoms with Crippen LogP contribution in [0.2, 0.25) is 0 Å². The van der Waals surface area contributed by atoms with Gasteiger partial charge in [-0.15, -0.1) is 11.3 Å². The second-order valence-electron chi connectivity index (χ2n) is 5.02. The minimum Gasteiger partial charge on any atom is -0.396 e. The second-order valence-corrected chi connectivity index (χ2v) is 5.94. The molecule has 0 aromatic carbocycles. The van der Waals surface area contributed by atoms with Gasteiger partial charge in [0.25, 0.3) is 0 Å². The van der Waals surface area contributed by atoms with Crippen LogP contribution in [0.1, 0.15) is 43.5 Å². The normalized spacial score (nSPS) is 26.9. The Morgan fingerprint density at radius 3 is 2.88 bits per heavy atom. The Labute approximate surface area is 107 Å². The molecule has 0 saturated heterocycles. The first-order valence-corrected chi connectivity index (χ1v) is 7.42. The first-order valence-electron chi connectivity index (χ1n) is 6.54. The van der Waals surface area contributed by atoms with Gasteiger partial charge in [-0.2, -0.15) is 0 Å². The number of aliphatic hydroxyl groups is 1. The minimum atomic E-state index is 0.348. The van der Waals surface area contributed by atoms with Crippen LogP contribution in [0, 0.1) is 11.8 Å². The monoisotopic (exact) mass is 254 g/mol. The van der Waals surface area contributed by atoms with E-state index in [1.807, 2.05) is 11.7 Å². The van der Waals surface area contributed by atoms with E-state index in [1.165, 1.54) is 30.6 Å². The molecule has 3 atom stereocenters. The number of nitrogens with one attached hydrogen (secondary N) is 1. The van der Waals surface area contributed by atoms with E-state index in [0.717, 1.165) is 6.54 Å². The van der Waals surface area contributed by atoms with E-state index in [0.29, 0.717) is 24.5 Å². The quantitative estimate of drug-likeness (QED) is 0.849. The maximum atomic E-state index is 9.37. The molecule has 1 aliphatic rings. The lowest BCUT2D eigenvalue weighted by atomic mass is 9.79. The summed E-state index contributed by atoms with van der Waals surface area (Å²) in [6.45, 7) is 3.55. The Balaban J connectivity index is 1.80. The number of hydrogen-bond acceptors (Lipinski definition) is 4. The molecule has 1 fully saturated rings. The molecule has 0 aliphatic heterocycles. The van der Waals surface area contributed by atoms with Crippen LogP contribution in [0.15, 0.2) is 11.7 Å². The van der Waals surface area contributed by atoms with Gasteiger partial charge in [0, 0.05) is 23.7 Å². The van der Waals surface area contributed by atoms with Crippen LogP contribution in [0.4, 0.5) is 0 Å². The van der Waals surface area contributed by atoms with E-state index in [2.05, 4.69) is 17.2 Å². The third kappa shape index (κ3) is 3.50. The third-order valence-corrected chi connectivity index (χ3v) is 4.82. The van der Waals surface area contributed by atoms with Gasteiger partial charge in [-0.3, -0.25) is 4.98 Å². The van der Waals surface area contributed by atoms with Crippen molar-refractivity contribution in [1.29, 1.82) is 0 Å². The van der Waals surface area contributed by atoms with Crippen molar-refractivity contribution in [2.24, 2.45) is 11.8 Å². The SMILES string of the molecule is CC(NCC1CCCCC1CO)c1cncs1. The average Bonchev–Trinajstić information content (AvgIpc) is 2.90. The van der Waals surface area contributed by atoms with Gasteiger partial charge < -0.3 is 10.4 Å². The van der Waals surface area contributed by atoms with E-state index in [1.54, 1.807) is 11.3 Å². The zero-order chi connectivity index (χ0) is 12.1. The lowest BCUT2D eigenvalue weighted by molar-refractivity contribution is 0.131. The molecule has 0 radical (unpaired) electrons. The highest BCUT2D eigenvalue weighted by Gasteiger charge is 2.24. The Morgan fingerprint density at radius 1 is 1.47 bits per heavy atom. The summed E-state index contributed by atoms with van der Waals surface area (Å²) in [6, 6.07) is 0.378. The molecule has 2 rings (SSSR count). The van der Waals surface area contributed by atoms with Crippen molar-refractivity contribution in [2.75, 3.05) is 13.2 Å². The molecule has 17 heavy (non-hydrogen) atoms. The van der Waals surface area contributed by atoms with Crippen molar-refractivity contribution in [3.05, 3.63) is 16.6 Å². The first kappa shape index (κ1) is 13.0. The Morgan fingerprint density at radius 2 is 2.24 bits per heavy atom. The highest BCUT2D eigenvalue weighted by Crippen LogP contribution is 2.29. The van der Waals surface area contributed by atoms with E-state index < -0.39 is 0 Å². The van der Waals surface area contributed by atoms with Crippen molar-refractivity contribution in [2.45, 2.75) is 38.6 Å². The molecule has 1 aliphatic carbocycles. The number of hydrogen-bond donors (Lipinski definition) is 2. The fourth-order valence-electron chi connectivity index (χ4n) is 2.66. The zero-order valence-corrected chi connectivity index (χ0v) is 11.2. The van der Waals surface area contributed by atoms with Crippen LogP contribution < -0.4 is 5.32 Å². The molecule has 1 aromatic rings. The van der Waals surface area contributed by atoms with E-state index >= 15 is 0 Å². The Hall–Kier alpha value is -0.450. The van der Waals surface area contributed by atoms with Crippen LogP contribution in [0.5, 0.6) is 0 Å². The summed E-state index contributed by atoms with van der Waals surface area (Å²) in [7, 11) is 0. The summed E-state index contributed by atoms with van der Waals surface area (Å²) in [4.78, 5) is 5.40.